The highest BCUT2D eigenvalue weighted by Crippen LogP contribution is 2.47. The second-order valence-corrected chi connectivity index (χ2v) is 6.67. The van der Waals surface area contributed by atoms with Crippen LogP contribution in [0, 0.1) is 11.8 Å². The van der Waals surface area contributed by atoms with Crippen molar-refractivity contribution < 1.29 is 23.0 Å². The Morgan fingerprint density at radius 1 is 1.33 bits per heavy atom. The van der Waals surface area contributed by atoms with Crippen molar-refractivity contribution in [3.8, 4) is 16.9 Å². The minimum absolute atomic E-state index is 0.0744. The van der Waals surface area contributed by atoms with Crippen LogP contribution in [0.1, 0.15) is 18.4 Å². The molecule has 1 aromatic heterocycles. The van der Waals surface area contributed by atoms with Crippen molar-refractivity contribution in [2.24, 2.45) is 10.7 Å². The zero-order chi connectivity index (χ0) is 19.0. The molecule has 0 bridgehead atoms. The van der Waals surface area contributed by atoms with Gasteiger partial charge in [-0.2, -0.15) is 4.39 Å². The first-order valence-corrected chi connectivity index (χ1v) is 8.61. The molecule has 2 atom stereocenters. The smallest absolute Gasteiger partial charge is 0.283 e. The van der Waals surface area contributed by atoms with Crippen molar-refractivity contribution in [3.05, 3.63) is 47.8 Å². The summed E-state index contributed by atoms with van der Waals surface area (Å²) >= 11 is 0. The Morgan fingerprint density at radius 3 is 2.89 bits per heavy atom. The van der Waals surface area contributed by atoms with Crippen LogP contribution in [0.2, 0.25) is 0 Å². The van der Waals surface area contributed by atoms with E-state index in [0.29, 0.717) is 30.8 Å². The van der Waals surface area contributed by atoms with Crippen molar-refractivity contribution >= 4 is 6.02 Å². The molecule has 27 heavy (non-hydrogen) atoms. The van der Waals surface area contributed by atoms with E-state index < -0.39 is 17.3 Å². The molecule has 3 heterocycles. The third kappa shape index (κ3) is 3.10. The Balaban J connectivity index is 1.83. The van der Waals surface area contributed by atoms with Gasteiger partial charge in [-0.3, -0.25) is 0 Å². The molecule has 0 fully saturated rings. The maximum Gasteiger partial charge on any atom is 0.283 e. The number of ether oxygens (including phenoxy) is 3. The highest BCUT2D eigenvalue weighted by Gasteiger charge is 2.46. The summed E-state index contributed by atoms with van der Waals surface area (Å²) in [7, 11) is 1.61. The first-order valence-electron chi connectivity index (χ1n) is 8.61. The molecule has 2 aliphatic rings. The predicted octanol–water partition coefficient (Wildman–Crippen LogP) is 2.75. The number of rotatable bonds is 4. The molecule has 2 aliphatic heterocycles. The van der Waals surface area contributed by atoms with Crippen LogP contribution in [0.5, 0.6) is 5.75 Å². The average Bonchev–Trinajstić information content (AvgIpc) is 3.01. The van der Waals surface area contributed by atoms with Crippen LogP contribution in [-0.4, -0.2) is 37.4 Å². The number of hydrogen-bond acceptors (Lipinski definition) is 6. The molecule has 2 aromatic rings. The van der Waals surface area contributed by atoms with E-state index in [-0.39, 0.29) is 29.9 Å². The predicted molar refractivity (Wildman–Crippen MR) is 94.4 cm³/mol. The molecule has 1 spiro atoms. The Bertz CT molecular complexity index is 906. The van der Waals surface area contributed by atoms with Crippen molar-refractivity contribution in [2.75, 3.05) is 20.3 Å². The molecule has 0 aliphatic carbocycles. The number of methoxy groups -OCH3 is 1. The normalized spacial score (nSPS) is 23.5. The molecular weight excluding hydrogens is 356 g/mol. The standard InChI is InChI=1S/C19H19F2N3O3/c1-25-6-4-11-9-19(10-26-18(22)24-19)14-7-13(15(20)8-16(14)27-11)12-3-2-5-23-17(12)21/h2-3,5,7-8,11H,4,6,9-10H2,1H3,(H2,22,24). The molecule has 1 aromatic carbocycles. The summed E-state index contributed by atoms with van der Waals surface area (Å²) in [6.07, 6.45) is 2.21. The zero-order valence-corrected chi connectivity index (χ0v) is 14.7. The van der Waals surface area contributed by atoms with Gasteiger partial charge in [0.05, 0.1) is 0 Å². The van der Waals surface area contributed by atoms with E-state index in [4.69, 9.17) is 19.9 Å². The van der Waals surface area contributed by atoms with Crippen molar-refractivity contribution in [1.82, 2.24) is 4.98 Å². The second kappa shape index (κ2) is 6.77. The summed E-state index contributed by atoms with van der Waals surface area (Å²) in [5.74, 6) is -0.986. The number of hydrogen-bond donors (Lipinski definition) is 1. The number of nitrogens with zero attached hydrogens (tertiary/aromatic N) is 2. The third-order valence-electron chi connectivity index (χ3n) is 4.91. The fourth-order valence-corrected chi connectivity index (χ4v) is 3.64. The van der Waals surface area contributed by atoms with E-state index in [2.05, 4.69) is 9.98 Å². The number of nitrogens with two attached hydrogens (primary N) is 1. The van der Waals surface area contributed by atoms with E-state index in [1.54, 1.807) is 19.2 Å². The maximum absolute atomic E-state index is 14.8. The van der Waals surface area contributed by atoms with Gasteiger partial charge in [0.15, 0.2) is 0 Å². The van der Waals surface area contributed by atoms with Gasteiger partial charge in [0.25, 0.3) is 6.02 Å². The van der Waals surface area contributed by atoms with Crippen LogP contribution in [-0.2, 0) is 15.0 Å². The van der Waals surface area contributed by atoms with Gasteiger partial charge in [0.1, 0.15) is 29.8 Å². The lowest BCUT2D eigenvalue weighted by molar-refractivity contribution is 0.0739. The summed E-state index contributed by atoms with van der Waals surface area (Å²) in [5.41, 5.74) is 5.76. The molecule has 2 unspecified atom stereocenters. The van der Waals surface area contributed by atoms with Gasteiger partial charge >= 0.3 is 0 Å². The van der Waals surface area contributed by atoms with Crippen molar-refractivity contribution in [1.29, 1.82) is 0 Å². The summed E-state index contributed by atoms with van der Waals surface area (Å²) < 4.78 is 45.4. The largest absolute Gasteiger partial charge is 0.490 e. The van der Waals surface area contributed by atoms with Gasteiger partial charge in [-0.1, -0.05) is 0 Å². The average molecular weight is 375 g/mol. The van der Waals surface area contributed by atoms with E-state index in [9.17, 15) is 8.78 Å². The Labute approximate surface area is 155 Å². The van der Waals surface area contributed by atoms with Gasteiger partial charge in [-0.25, -0.2) is 14.4 Å². The summed E-state index contributed by atoms with van der Waals surface area (Å²) in [5, 5.41) is 0. The molecule has 6 nitrogen and oxygen atoms in total. The minimum atomic E-state index is -0.794. The summed E-state index contributed by atoms with van der Waals surface area (Å²) in [6, 6.07) is 5.93. The maximum atomic E-state index is 14.8. The topological polar surface area (TPSA) is 79.0 Å². The van der Waals surface area contributed by atoms with Gasteiger partial charge in [-0.05, 0) is 18.2 Å². The third-order valence-corrected chi connectivity index (χ3v) is 4.91. The number of benzene rings is 1. The van der Waals surface area contributed by atoms with E-state index in [1.165, 1.54) is 18.3 Å². The molecule has 4 rings (SSSR count). The zero-order valence-electron chi connectivity index (χ0n) is 14.7. The van der Waals surface area contributed by atoms with Crippen molar-refractivity contribution in [2.45, 2.75) is 24.5 Å². The first kappa shape index (κ1) is 17.7. The molecule has 0 saturated heterocycles. The number of halogens is 2. The Morgan fingerprint density at radius 2 is 2.19 bits per heavy atom. The lowest BCUT2D eigenvalue weighted by Gasteiger charge is -2.37. The summed E-state index contributed by atoms with van der Waals surface area (Å²) in [6.45, 7) is 0.719. The number of aliphatic imine (C=N–C) groups is 1. The van der Waals surface area contributed by atoms with E-state index in [0.717, 1.165) is 0 Å². The van der Waals surface area contributed by atoms with Gasteiger partial charge in [-0.15, -0.1) is 0 Å². The lowest BCUT2D eigenvalue weighted by Crippen LogP contribution is -2.39. The van der Waals surface area contributed by atoms with E-state index >= 15 is 0 Å². The molecule has 142 valence electrons. The quantitative estimate of drug-likeness (QED) is 0.832. The monoisotopic (exact) mass is 375 g/mol. The number of fused-ring (bicyclic) bond motifs is 2. The number of amidine groups is 1. The fraction of sp³-hybridized carbons (Fsp3) is 0.368. The van der Waals surface area contributed by atoms with Gasteiger partial charge in [0, 0.05) is 55.5 Å². The lowest BCUT2D eigenvalue weighted by atomic mass is 9.81. The van der Waals surface area contributed by atoms with Crippen LogP contribution in [0.4, 0.5) is 8.78 Å². The Kier molecular flexibility index (Phi) is 4.43. The molecular formula is C19H19F2N3O3. The number of pyridine rings is 1. The van der Waals surface area contributed by atoms with Gasteiger partial charge < -0.3 is 19.9 Å². The van der Waals surface area contributed by atoms with Gasteiger partial charge in [0.2, 0.25) is 5.95 Å². The van der Waals surface area contributed by atoms with Crippen LogP contribution in [0.3, 0.4) is 0 Å². The second-order valence-electron chi connectivity index (χ2n) is 6.67. The highest BCUT2D eigenvalue weighted by molar-refractivity contribution is 5.75. The molecule has 0 radical (unpaired) electrons. The first-order chi connectivity index (χ1) is 13.0. The summed E-state index contributed by atoms with van der Waals surface area (Å²) in [4.78, 5) is 8.09. The SMILES string of the molecule is COCCC1CC2(COC(N)=N2)c2cc(-c3cccnc3F)c(F)cc2O1. The Hall–Kier alpha value is -2.74. The molecule has 0 amide bonds. The van der Waals surface area contributed by atoms with Crippen LogP contribution in [0.15, 0.2) is 35.5 Å². The van der Waals surface area contributed by atoms with E-state index in [1.807, 2.05) is 0 Å². The minimum Gasteiger partial charge on any atom is -0.490 e. The molecule has 8 heteroatoms. The molecule has 0 saturated carbocycles. The molecule has 2 N–H and O–H groups in total. The van der Waals surface area contributed by atoms with Crippen LogP contribution >= 0.6 is 0 Å². The van der Waals surface area contributed by atoms with Crippen molar-refractivity contribution in [3.63, 3.8) is 0 Å². The highest BCUT2D eigenvalue weighted by atomic mass is 19.1. The van der Waals surface area contributed by atoms with Crippen LogP contribution < -0.4 is 10.5 Å². The fourth-order valence-electron chi connectivity index (χ4n) is 3.64. The van der Waals surface area contributed by atoms with Crippen LogP contribution in [0.25, 0.3) is 11.1 Å². The number of aromatic nitrogens is 1.